The summed E-state index contributed by atoms with van der Waals surface area (Å²) in [6, 6.07) is 28.4. The van der Waals surface area contributed by atoms with E-state index in [0.717, 1.165) is 6.42 Å². The molecule has 0 saturated heterocycles. The highest BCUT2D eigenvalue weighted by Crippen LogP contribution is 2.35. The van der Waals surface area contributed by atoms with Crippen molar-refractivity contribution in [2.45, 2.75) is 39.0 Å². The Balaban J connectivity index is 2.03. The van der Waals surface area contributed by atoms with Gasteiger partial charge in [-0.25, -0.2) is 0 Å². The molecule has 0 heterocycles. The lowest BCUT2D eigenvalue weighted by molar-refractivity contribution is 0.667. The zero-order valence-corrected chi connectivity index (χ0v) is 14.5. The zero-order chi connectivity index (χ0) is 16.6. The lowest BCUT2D eigenvalue weighted by Gasteiger charge is -2.16. The maximum absolute atomic E-state index is 2.31. The van der Waals surface area contributed by atoms with E-state index in [1.54, 1.807) is 0 Å². The van der Waals surface area contributed by atoms with Gasteiger partial charge in [0.05, 0.1) is 0 Å². The zero-order valence-electron chi connectivity index (χ0n) is 14.5. The average Bonchev–Trinajstić information content (AvgIpc) is 2.66. The fourth-order valence-corrected chi connectivity index (χ4v) is 3.35. The molecule has 0 unspecified atom stereocenters. The molecular formula is C24H26. The molecule has 0 N–H and O–H groups in total. The van der Waals surface area contributed by atoms with Crippen LogP contribution in [0, 0.1) is 0 Å². The summed E-state index contributed by atoms with van der Waals surface area (Å²) >= 11 is 0. The first-order valence-corrected chi connectivity index (χ1v) is 9.13. The van der Waals surface area contributed by atoms with Gasteiger partial charge in [0.1, 0.15) is 0 Å². The summed E-state index contributed by atoms with van der Waals surface area (Å²) in [5.41, 5.74) is 6.84. The van der Waals surface area contributed by atoms with Gasteiger partial charge in [-0.15, -0.1) is 0 Å². The van der Waals surface area contributed by atoms with Crippen molar-refractivity contribution in [1.29, 1.82) is 0 Å². The highest BCUT2D eigenvalue weighted by molar-refractivity contribution is 5.85. The van der Waals surface area contributed by atoms with Crippen LogP contribution in [-0.4, -0.2) is 0 Å². The Morgan fingerprint density at radius 3 is 1.92 bits per heavy atom. The van der Waals surface area contributed by atoms with Crippen molar-refractivity contribution in [3.8, 4) is 22.3 Å². The molecule has 3 aromatic carbocycles. The SMILES string of the molecule is CCCCCCc1cccc(-c2ccccc2)c1-c1ccccc1. The molecule has 122 valence electrons. The lowest BCUT2D eigenvalue weighted by Crippen LogP contribution is -1.94. The van der Waals surface area contributed by atoms with Crippen LogP contribution in [0.15, 0.2) is 78.9 Å². The largest absolute Gasteiger partial charge is 0.0654 e. The summed E-state index contributed by atoms with van der Waals surface area (Å²) in [5, 5.41) is 0. The van der Waals surface area contributed by atoms with Crippen LogP contribution in [0.1, 0.15) is 38.2 Å². The highest BCUT2D eigenvalue weighted by Gasteiger charge is 2.11. The van der Waals surface area contributed by atoms with Crippen molar-refractivity contribution in [1.82, 2.24) is 0 Å². The molecule has 0 saturated carbocycles. The standard InChI is InChI=1S/C24H26/c1-2-3-4-7-15-22-18-12-19-23(20-13-8-5-9-14-20)24(22)21-16-10-6-11-17-21/h5-6,8-14,16-19H,2-4,7,15H2,1H3. The summed E-state index contributed by atoms with van der Waals surface area (Å²) in [7, 11) is 0. The van der Waals surface area contributed by atoms with Crippen LogP contribution in [-0.2, 0) is 6.42 Å². The third-order valence-corrected chi connectivity index (χ3v) is 4.60. The van der Waals surface area contributed by atoms with E-state index in [1.807, 2.05) is 0 Å². The first-order valence-electron chi connectivity index (χ1n) is 9.13. The molecule has 0 bridgehead atoms. The molecule has 0 aliphatic carbocycles. The van der Waals surface area contributed by atoms with Crippen LogP contribution in [0.2, 0.25) is 0 Å². The third-order valence-electron chi connectivity index (χ3n) is 4.60. The average molecular weight is 314 g/mol. The minimum atomic E-state index is 1.16. The van der Waals surface area contributed by atoms with Gasteiger partial charge in [-0.3, -0.25) is 0 Å². The first-order chi connectivity index (χ1) is 11.9. The van der Waals surface area contributed by atoms with E-state index >= 15 is 0 Å². The topological polar surface area (TPSA) is 0 Å². The number of benzene rings is 3. The van der Waals surface area contributed by atoms with Gasteiger partial charge in [0, 0.05) is 0 Å². The predicted molar refractivity (Wildman–Crippen MR) is 105 cm³/mol. The molecule has 0 nitrogen and oxygen atoms in total. The van der Waals surface area contributed by atoms with E-state index in [2.05, 4.69) is 85.8 Å². The Morgan fingerprint density at radius 2 is 1.25 bits per heavy atom. The Hall–Kier alpha value is -2.34. The van der Waals surface area contributed by atoms with Crippen molar-refractivity contribution in [3.05, 3.63) is 84.4 Å². The van der Waals surface area contributed by atoms with Crippen molar-refractivity contribution >= 4 is 0 Å². The Labute approximate surface area is 146 Å². The second-order valence-electron chi connectivity index (χ2n) is 6.38. The molecule has 0 radical (unpaired) electrons. The summed E-state index contributed by atoms with van der Waals surface area (Å²) in [4.78, 5) is 0. The minimum absolute atomic E-state index is 1.16. The van der Waals surface area contributed by atoms with Crippen LogP contribution in [0.25, 0.3) is 22.3 Å². The maximum Gasteiger partial charge on any atom is -0.00733 e. The van der Waals surface area contributed by atoms with Crippen molar-refractivity contribution < 1.29 is 0 Å². The van der Waals surface area contributed by atoms with E-state index in [1.165, 1.54) is 53.5 Å². The molecule has 3 aromatic rings. The van der Waals surface area contributed by atoms with Crippen LogP contribution >= 0.6 is 0 Å². The summed E-state index contributed by atoms with van der Waals surface area (Å²) in [6.45, 7) is 2.27. The quantitative estimate of drug-likeness (QED) is 0.406. The predicted octanol–water partition coefficient (Wildman–Crippen LogP) is 7.14. The third kappa shape index (κ3) is 3.94. The van der Waals surface area contributed by atoms with E-state index in [-0.39, 0.29) is 0 Å². The monoisotopic (exact) mass is 314 g/mol. The number of hydrogen-bond donors (Lipinski definition) is 0. The summed E-state index contributed by atoms with van der Waals surface area (Å²) < 4.78 is 0. The van der Waals surface area contributed by atoms with Gasteiger partial charge in [0.15, 0.2) is 0 Å². The first kappa shape index (κ1) is 16.5. The smallest absolute Gasteiger partial charge is 0.00733 e. The van der Waals surface area contributed by atoms with Gasteiger partial charge in [-0.05, 0) is 40.7 Å². The molecule has 3 rings (SSSR count). The highest BCUT2D eigenvalue weighted by atomic mass is 14.2. The van der Waals surface area contributed by atoms with Crippen molar-refractivity contribution in [2.24, 2.45) is 0 Å². The molecule has 0 fully saturated rings. The van der Waals surface area contributed by atoms with Gasteiger partial charge in [-0.2, -0.15) is 0 Å². The fourth-order valence-electron chi connectivity index (χ4n) is 3.35. The van der Waals surface area contributed by atoms with Gasteiger partial charge in [-0.1, -0.05) is 105 Å². The van der Waals surface area contributed by atoms with Gasteiger partial charge in [0.25, 0.3) is 0 Å². The van der Waals surface area contributed by atoms with Crippen molar-refractivity contribution in [3.63, 3.8) is 0 Å². The molecular weight excluding hydrogens is 288 g/mol. The second kappa shape index (κ2) is 8.49. The minimum Gasteiger partial charge on any atom is -0.0654 e. The van der Waals surface area contributed by atoms with E-state index < -0.39 is 0 Å². The number of aryl methyl sites for hydroxylation is 1. The van der Waals surface area contributed by atoms with Gasteiger partial charge in [0.2, 0.25) is 0 Å². The number of hydrogen-bond acceptors (Lipinski definition) is 0. The van der Waals surface area contributed by atoms with E-state index in [9.17, 15) is 0 Å². The Kier molecular flexibility index (Phi) is 5.85. The lowest BCUT2D eigenvalue weighted by atomic mass is 9.88. The van der Waals surface area contributed by atoms with Gasteiger partial charge < -0.3 is 0 Å². The van der Waals surface area contributed by atoms with Crippen LogP contribution in [0.5, 0.6) is 0 Å². The molecule has 0 heteroatoms. The second-order valence-corrected chi connectivity index (χ2v) is 6.38. The fraction of sp³-hybridized carbons (Fsp3) is 0.250. The molecule has 0 amide bonds. The van der Waals surface area contributed by atoms with Crippen LogP contribution < -0.4 is 0 Å². The molecule has 0 aliphatic heterocycles. The summed E-state index contributed by atoms with van der Waals surface area (Å²) in [6.07, 6.45) is 6.37. The molecule has 0 atom stereocenters. The van der Waals surface area contributed by atoms with E-state index in [0.29, 0.717) is 0 Å². The normalized spacial score (nSPS) is 10.7. The number of unbranched alkanes of at least 4 members (excludes halogenated alkanes) is 3. The Bertz CT molecular complexity index is 742. The van der Waals surface area contributed by atoms with E-state index in [4.69, 9.17) is 0 Å². The van der Waals surface area contributed by atoms with Crippen molar-refractivity contribution in [2.75, 3.05) is 0 Å². The van der Waals surface area contributed by atoms with Crippen LogP contribution in [0.4, 0.5) is 0 Å². The molecule has 0 spiro atoms. The molecule has 0 aliphatic rings. The number of rotatable bonds is 7. The Morgan fingerprint density at radius 1 is 0.583 bits per heavy atom. The van der Waals surface area contributed by atoms with Gasteiger partial charge >= 0.3 is 0 Å². The summed E-state index contributed by atoms with van der Waals surface area (Å²) in [5.74, 6) is 0. The molecule has 0 aromatic heterocycles. The molecule has 24 heavy (non-hydrogen) atoms. The van der Waals surface area contributed by atoms with Crippen LogP contribution in [0.3, 0.4) is 0 Å². The maximum atomic E-state index is 2.31.